The Morgan fingerprint density at radius 2 is 2.03 bits per heavy atom. The van der Waals surface area contributed by atoms with Crippen molar-refractivity contribution >= 4 is 11.8 Å². The number of carbonyl (C=O) groups excluding carboxylic acids is 2. The van der Waals surface area contributed by atoms with Crippen molar-refractivity contribution in [3.8, 4) is 0 Å². The molecule has 0 unspecified atom stereocenters. The van der Waals surface area contributed by atoms with Gasteiger partial charge >= 0.3 is 0 Å². The van der Waals surface area contributed by atoms with Crippen LogP contribution < -0.4 is 5.32 Å². The van der Waals surface area contributed by atoms with E-state index in [1.54, 1.807) is 35.8 Å². The lowest BCUT2D eigenvalue weighted by atomic mass is 9.99. The maximum Gasteiger partial charge on any atom is 0.256 e. The van der Waals surface area contributed by atoms with Crippen molar-refractivity contribution in [3.05, 3.63) is 77.9 Å². The lowest BCUT2D eigenvalue weighted by molar-refractivity contribution is -0.126. The average Bonchev–Trinajstić information content (AvgIpc) is 3.23. The van der Waals surface area contributed by atoms with Crippen LogP contribution in [0.2, 0.25) is 0 Å². The van der Waals surface area contributed by atoms with Crippen LogP contribution in [0.25, 0.3) is 0 Å². The second-order valence-corrected chi connectivity index (χ2v) is 7.83. The van der Waals surface area contributed by atoms with E-state index in [1.165, 1.54) is 6.20 Å². The molecule has 0 aliphatic carbocycles. The second kappa shape index (κ2) is 9.07. The number of nitrogens with one attached hydrogen (secondary N) is 1. The molecule has 1 aliphatic rings. The quantitative estimate of drug-likeness (QED) is 0.663. The third-order valence-corrected chi connectivity index (χ3v) is 5.45. The zero-order valence-electron chi connectivity index (χ0n) is 17.7. The Balaban J connectivity index is 1.61. The van der Waals surface area contributed by atoms with Crippen LogP contribution in [0, 0.1) is 0 Å². The number of amides is 2. The van der Waals surface area contributed by atoms with Gasteiger partial charge in [0, 0.05) is 56.3 Å². The topological polar surface area (TPSA) is 93.0 Å². The van der Waals surface area contributed by atoms with Crippen molar-refractivity contribution in [1.82, 2.24) is 29.7 Å². The molecule has 0 saturated carbocycles. The van der Waals surface area contributed by atoms with Gasteiger partial charge in [0.05, 0.1) is 23.3 Å². The third-order valence-electron chi connectivity index (χ3n) is 5.45. The molecule has 3 aromatic rings. The Hall–Kier alpha value is -3.55. The fourth-order valence-corrected chi connectivity index (χ4v) is 3.91. The number of imidazole rings is 1. The van der Waals surface area contributed by atoms with E-state index in [-0.39, 0.29) is 17.9 Å². The van der Waals surface area contributed by atoms with Crippen LogP contribution >= 0.6 is 0 Å². The molecule has 0 aromatic carbocycles. The smallest absolute Gasteiger partial charge is 0.256 e. The summed E-state index contributed by atoms with van der Waals surface area (Å²) in [6.07, 6.45) is 7.89. The Bertz CT molecular complexity index is 1050. The molecule has 1 N–H and O–H groups in total. The van der Waals surface area contributed by atoms with Crippen LogP contribution in [0.4, 0.5) is 0 Å². The summed E-state index contributed by atoms with van der Waals surface area (Å²) in [7, 11) is 0. The summed E-state index contributed by atoms with van der Waals surface area (Å²) < 4.78 is 1.99. The van der Waals surface area contributed by atoms with Gasteiger partial charge in [0.1, 0.15) is 0 Å². The van der Waals surface area contributed by atoms with Gasteiger partial charge in [-0.3, -0.25) is 19.6 Å². The molecule has 1 atom stereocenters. The molecule has 31 heavy (non-hydrogen) atoms. The molecule has 1 aliphatic heterocycles. The summed E-state index contributed by atoms with van der Waals surface area (Å²) in [4.78, 5) is 41.2. The molecular formula is C23H26N6O2. The SMILES string of the molecule is CC(C)n1cnc2c1[C@@H](C(=O)NCCc1ccccn1)N(C(=O)c1cccnc1)CC2. The highest BCUT2D eigenvalue weighted by molar-refractivity contribution is 5.98. The predicted molar refractivity (Wildman–Crippen MR) is 115 cm³/mol. The molecule has 8 heteroatoms. The molecule has 0 radical (unpaired) electrons. The average molecular weight is 419 g/mol. The first-order valence-electron chi connectivity index (χ1n) is 10.5. The predicted octanol–water partition coefficient (Wildman–Crippen LogP) is 2.35. The minimum atomic E-state index is -0.745. The largest absolute Gasteiger partial charge is 0.354 e. The van der Waals surface area contributed by atoms with E-state index < -0.39 is 6.04 Å². The minimum Gasteiger partial charge on any atom is -0.354 e. The van der Waals surface area contributed by atoms with Crippen LogP contribution in [-0.4, -0.2) is 49.3 Å². The molecule has 4 heterocycles. The van der Waals surface area contributed by atoms with Crippen LogP contribution in [0.15, 0.2) is 55.2 Å². The lowest BCUT2D eigenvalue weighted by Crippen LogP contribution is -2.48. The van der Waals surface area contributed by atoms with E-state index in [0.717, 1.165) is 17.1 Å². The fourth-order valence-electron chi connectivity index (χ4n) is 3.91. The number of hydrogen-bond donors (Lipinski definition) is 1. The molecule has 4 rings (SSSR count). The van der Waals surface area contributed by atoms with Gasteiger partial charge < -0.3 is 14.8 Å². The molecular weight excluding hydrogens is 392 g/mol. The first kappa shape index (κ1) is 20.7. The van der Waals surface area contributed by atoms with Crippen LogP contribution in [0.5, 0.6) is 0 Å². The van der Waals surface area contributed by atoms with Crippen molar-refractivity contribution < 1.29 is 9.59 Å². The number of nitrogens with zero attached hydrogens (tertiary/aromatic N) is 5. The van der Waals surface area contributed by atoms with Gasteiger partial charge in [-0.15, -0.1) is 0 Å². The number of hydrogen-bond acceptors (Lipinski definition) is 5. The van der Waals surface area contributed by atoms with Crippen LogP contribution in [0.3, 0.4) is 0 Å². The number of pyridine rings is 2. The Labute approximate surface area is 181 Å². The highest BCUT2D eigenvalue weighted by Crippen LogP contribution is 2.32. The number of rotatable bonds is 6. The van der Waals surface area contributed by atoms with Gasteiger partial charge in [-0.05, 0) is 38.1 Å². The van der Waals surface area contributed by atoms with Gasteiger partial charge in [0.2, 0.25) is 5.91 Å². The van der Waals surface area contributed by atoms with Crippen molar-refractivity contribution in [1.29, 1.82) is 0 Å². The van der Waals surface area contributed by atoms with Gasteiger partial charge in [-0.1, -0.05) is 6.07 Å². The zero-order valence-corrected chi connectivity index (χ0v) is 17.7. The van der Waals surface area contributed by atoms with Crippen molar-refractivity contribution in [2.45, 2.75) is 38.8 Å². The lowest BCUT2D eigenvalue weighted by Gasteiger charge is -2.36. The van der Waals surface area contributed by atoms with Gasteiger partial charge in [-0.25, -0.2) is 4.98 Å². The summed E-state index contributed by atoms with van der Waals surface area (Å²) in [6.45, 7) is 4.94. The van der Waals surface area contributed by atoms with E-state index in [9.17, 15) is 9.59 Å². The monoisotopic (exact) mass is 418 g/mol. The Morgan fingerprint density at radius 3 is 2.74 bits per heavy atom. The van der Waals surface area contributed by atoms with E-state index in [4.69, 9.17) is 0 Å². The summed E-state index contributed by atoms with van der Waals surface area (Å²) in [6, 6.07) is 8.53. The summed E-state index contributed by atoms with van der Waals surface area (Å²) >= 11 is 0. The third kappa shape index (κ3) is 4.33. The van der Waals surface area contributed by atoms with Crippen molar-refractivity contribution in [2.24, 2.45) is 0 Å². The van der Waals surface area contributed by atoms with E-state index >= 15 is 0 Å². The van der Waals surface area contributed by atoms with Gasteiger partial charge in [-0.2, -0.15) is 0 Å². The number of carbonyl (C=O) groups is 2. The zero-order chi connectivity index (χ0) is 21.8. The molecule has 0 spiro atoms. The molecule has 3 aromatic heterocycles. The molecule has 0 fully saturated rings. The first-order valence-corrected chi connectivity index (χ1v) is 10.5. The van der Waals surface area contributed by atoms with Crippen molar-refractivity contribution in [2.75, 3.05) is 13.1 Å². The maximum absolute atomic E-state index is 13.4. The molecule has 0 saturated heterocycles. The second-order valence-electron chi connectivity index (χ2n) is 7.83. The minimum absolute atomic E-state index is 0.119. The molecule has 160 valence electrons. The van der Waals surface area contributed by atoms with Gasteiger partial charge in [0.25, 0.3) is 5.91 Å². The molecule has 2 amide bonds. The normalized spacial score (nSPS) is 15.6. The Kier molecular flexibility index (Phi) is 6.06. The van der Waals surface area contributed by atoms with E-state index in [0.29, 0.717) is 31.5 Å². The van der Waals surface area contributed by atoms with E-state index in [2.05, 4.69) is 20.3 Å². The van der Waals surface area contributed by atoms with Crippen LogP contribution in [-0.2, 0) is 17.6 Å². The fraction of sp³-hybridized carbons (Fsp3) is 0.348. The molecule has 8 nitrogen and oxygen atoms in total. The first-order chi connectivity index (χ1) is 15.1. The van der Waals surface area contributed by atoms with E-state index in [1.807, 2.05) is 36.6 Å². The summed E-state index contributed by atoms with van der Waals surface area (Å²) in [5.74, 6) is -0.420. The highest BCUT2D eigenvalue weighted by Gasteiger charge is 2.39. The molecule has 0 bridgehead atoms. The van der Waals surface area contributed by atoms with Gasteiger partial charge in [0.15, 0.2) is 6.04 Å². The number of aromatic nitrogens is 4. The summed E-state index contributed by atoms with van der Waals surface area (Å²) in [5.41, 5.74) is 3.03. The highest BCUT2D eigenvalue weighted by atomic mass is 16.2. The standard InChI is InChI=1S/C23H26N6O2/c1-16(2)29-15-27-19-9-13-28(23(31)17-6-5-10-24-14-17)21(20(19)29)22(30)26-12-8-18-7-3-4-11-25-18/h3-7,10-11,14-16,21H,8-9,12-13H2,1-2H3,(H,26,30)/t21-/m0/s1. The summed E-state index contributed by atoms with van der Waals surface area (Å²) in [5, 5.41) is 3.00. The van der Waals surface area contributed by atoms with Crippen molar-refractivity contribution in [3.63, 3.8) is 0 Å². The van der Waals surface area contributed by atoms with Crippen LogP contribution in [0.1, 0.15) is 53.4 Å². The Morgan fingerprint density at radius 1 is 1.16 bits per heavy atom. The maximum atomic E-state index is 13.4. The number of fused-ring (bicyclic) bond motifs is 1.